The molecular weight excluding hydrogens is 696 g/mol. The molecule has 312 valence electrons. The van der Waals surface area contributed by atoms with E-state index in [1.165, 1.54) is 0 Å². The SMILES string of the molecule is O=C1CC(=O)OCCCCCCCCCCCOC(=O)CC(=O)OCCCCCCCCCCCOC(=O)CC(=O)OCCCCCCCCCCCO1. The van der Waals surface area contributed by atoms with Crippen LogP contribution in [0.3, 0.4) is 0 Å². The second kappa shape index (κ2) is 36.8. The highest BCUT2D eigenvalue weighted by Gasteiger charge is 2.14. The highest BCUT2D eigenvalue weighted by Crippen LogP contribution is 2.13. The minimum Gasteiger partial charge on any atom is -0.465 e. The molecule has 0 aromatic heterocycles. The van der Waals surface area contributed by atoms with E-state index >= 15 is 0 Å². The second-order valence-corrected chi connectivity index (χ2v) is 14.4. The number of esters is 6. The lowest BCUT2D eigenvalue weighted by Crippen LogP contribution is -2.15. The van der Waals surface area contributed by atoms with Crippen molar-refractivity contribution in [2.45, 2.75) is 193 Å². The van der Waals surface area contributed by atoms with Crippen molar-refractivity contribution in [3.8, 4) is 0 Å². The quantitative estimate of drug-likeness (QED) is 0.131. The topological polar surface area (TPSA) is 158 Å². The first-order chi connectivity index (χ1) is 26.4. The number of rotatable bonds is 0. The Labute approximate surface area is 324 Å². The highest BCUT2D eigenvalue weighted by atomic mass is 16.6. The molecule has 0 spiro atoms. The van der Waals surface area contributed by atoms with E-state index in [4.69, 9.17) is 28.4 Å². The predicted octanol–water partition coefficient (Wildman–Crippen LogP) is 8.96. The monoisotopic (exact) mass is 769 g/mol. The molecule has 1 aliphatic rings. The smallest absolute Gasteiger partial charge is 0.317 e. The molecule has 0 aromatic carbocycles. The van der Waals surface area contributed by atoms with Crippen molar-refractivity contribution in [3.05, 3.63) is 0 Å². The van der Waals surface area contributed by atoms with Gasteiger partial charge in [0.25, 0.3) is 0 Å². The number of hydrogen-bond donors (Lipinski definition) is 0. The molecule has 12 nitrogen and oxygen atoms in total. The number of ether oxygens (including phenoxy) is 6. The third-order valence-corrected chi connectivity index (χ3v) is 9.31. The third kappa shape index (κ3) is 34.6. The standard InChI is InChI=1S/C42H72O12/c43-37-34-39(45)51-30-24-18-12-6-2-8-14-20-26-32-53-41(47)36-42(48)54-33-27-21-15-9-3-7-13-19-25-31-52-40(46)35-38(44)50-29-23-17-11-5-1-4-10-16-22-28-49-37/h1-36H2. The van der Waals surface area contributed by atoms with Crippen LogP contribution < -0.4 is 0 Å². The zero-order valence-electron chi connectivity index (χ0n) is 33.4. The van der Waals surface area contributed by atoms with Gasteiger partial charge >= 0.3 is 35.8 Å². The molecule has 1 saturated heterocycles. The lowest BCUT2D eigenvalue weighted by Gasteiger charge is -2.07. The molecule has 0 N–H and O–H groups in total. The molecule has 1 heterocycles. The van der Waals surface area contributed by atoms with Crippen LogP contribution in [0.15, 0.2) is 0 Å². The maximum atomic E-state index is 11.9. The van der Waals surface area contributed by atoms with Crippen molar-refractivity contribution in [1.82, 2.24) is 0 Å². The van der Waals surface area contributed by atoms with Gasteiger partial charge in [0.05, 0.1) is 39.6 Å². The normalized spacial score (nSPS) is 22.0. The fraction of sp³-hybridized carbons (Fsp3) is 0.857. The Morgan fingerprint density at radius 3 is 0.426 bits per heavy atom. The van der Waals surface area contributed by atoms with Gasteiger partial charge in [-0.05, 0) is 38.5 Å². The van der Waals surface area contributed by atoms with Gasteiger partial charge in [-0.25, -0.2) is 0 Å². The summed E-state index contributed by atoms with van der Waals surface area (Å²) >= 11 is 0. The number of cyclic esters (lactones) is 6. The van der Waals surface area contributed by atoms with Crippen molar-refractivity contribution < 1.29 is 57.2 Å². The van der Waals surface area contributed by atoms with Gasteiger partial charge in [0.1, 0.15) is 19.3 Å². The van der Waals surface area contributed by atoms with Crippen molar-refractivity contribution in [2.24, 2.45) is 0 Å². The van der Waals surface area contributed by atoms with Crippen LogP contribution in [0.1, 0.15) is 193 Å². The molecule has 1 fully saturated rings. The van der Waals surface area contributed by atoms with Gasteiger partial charge in [-0.15, -0.1) is 0 Å². The first kappa shape index (κ1) is 48.8. The average Bonchev–Trinajstić information content (AvgIpc) is 3.13. The Bertz CT molecular complexity index is 802. The fourth-order valence-corrected chi connectivity index (χ4v) is 6.10. The maximum Gasteiger partial charge on any atom is 0.317 e. The second-order valence-electron chi connectivity index (χ2n) is 14.4. The van der Waals surface area contributed by atoms with Crippen molar-refractivity contribution in [3.63, 3.8) is 0 Å². The largest absolute Gasteiger partial charge is 0.465 e. The van der Waals surface area contributed by atoms with Crippen LogP contribution in [0.25, 0.3) is 0 Å². The fourth-order valence-electron chi connectivity index (χ4n) is 6.10. The summed E-state index contributed by atoms with van der Waals surface area (Å²) in [7, 11) is 0. The molecule has 1 rings (SSSR count). The van der Waals surface area contributed by atoms with Crippen molar-refractivity contribution in [2.75, 3.05) is 39.6 Å². The Balaban J connectivity index is 2.24. The van der Waals surface area contributed by atoms with Gasteiger partial charge in [0.15, 0.2) is 0 Å². The molecule has 0 aromatic rings. The van der Waals surface area contributed by atoms with Crippen LogP contribution in [0.5, 0.6) is 0 Å². The Morgan fingerprint density at radius 2 is 0.296 bits per heavy atom. The number of carbonyl (C=O) groups excluding carboxylic acids is 6. The van der Waals surface area contributed by atoms with Gasteiger partial charge in [0, 0.05) is 0 Å². The molecule has 0 aliphatic carbocycles. The molecule has 12 heteroatoms. The summed E-state index contributed by atoms with van der Waals surface area (Å²) in [5, 5.41) is 0. The molecular formula is C42H72O12. The molecule has 0 bridgehead atoms. The van der Waals surface area contributed by atoms with E-state index < -0.39 is 35.8 Å². The van der Waals surface area contributed by atoms with E-state index in [1.54, 1.807) is 0 Å². The van der Waals surface area contributed by atoms with E-state index in [0.717, 1.165) is 173 Å². The molecule has 1 aliphatic heterocycles. The zero-order valence-corrected chi connectivity index (χ0v) is 33.4. The van der Waals surface area contributed by atoms with E-state index in [0.29, 0.717) is 39.6 Å². The van der Waals surface area contributed by atoms with Crippen LogP contribution in [0.4, 0.5) is 0 Å². The minimum atomic E-state index is -0.541. The van der Waals surface area contributed by atoms with E-state index in [1.807, 2.05) is 0 Å². The van der Waals surface area contributed by atoms with Crippen LogP contribution in [-0.4, -0.2) is 75.5 Å². The lowest BCUT2D eigenvalue weighted by molar-refractivity contribution is -0.156. The summed E-state index contributed by atoms with van der Waals surface area (Å²) in [4.78, 5) is 71.5. The summed E-state index contributed by atoms with van der Waals surface area (Å²) in [6.45, 7) is 1.88. The maximum absolute atomic E-state index is 11.9. The number of hydrogen-bond acceptors (Lipinski definition) is 12. The van der Waals surface area contributed by atoms with Crippen LogP contribution >= 0.6 is 0 Å². The van der Waals surface area contributed by atoms with Gasteiger partial charge in [0.2, 0.25) is 0 Å². The van der Waals surface area contributed by atoms with Gasteiger partial charge in [-0.1, -0.05) is 135 Å². The Hall–Kier alpha value is -3.18. The first-order valence-corrected chi connectivity index (χ1v) is 21.3. The van der Waals surface area contributed by atoms with E-state index in [9.17, 15) is 28.8 Å². The summed E-state index contributed by atoms with van der Waals surface area (Å²) in [5.41, 5.74) is 0. The Morgan fingerprint density at radius 1 is 0.185 bits per heavy atom. The third-order valence-electron chi connectivity index (χ3n) is 9.31. The molecule has 0 radical (unpaired) electrons. The zero-order chi connectivity index (χ0) is 39.2. The van der Waals surface area contributed by atoms with Crippen molar-refractivity contribution in [1.29, 1.82) is 0 Å². The summed E-state index contributed by atoms with van der Waals surface area (Å²) in [6, 6.07) is 0. The van der Waals surface area contributed by atoms with E-state index in [-0.39, 0.29) is 19.3 Å². The minimum absolute atomic E-state index is 0.313. The summed E-state index contributed by atoms with van der Waals surface area (Å²) in [6.07, 6.45) is 25.8. The summed E-state index contributed by atoms with van der Waals surface area (Å²) in [5.74, 6) is -3.24. The molecule has 0 unspecified atom stereocenters. The molecule has 0 atom stereocenters. The van der Waals surface area contributed by atoms with Crippen molar-refractivity contribution >= 4 is 35.8 Å². The Kier molecular flexibility index (Phi) is 33.3. The van der Waals surface area contributed by atoms with Crippen LogP contribution in [-0.2, 0) is 57.2 Å². The number of carbonyl (C=O) groups is 6. The summed E-state index contributed by atoms with van der Waals surface area (Å²) < 4.78 is 31.1. The first-order valence-electron chi connectivity index (χ1n) is 21.3. The molecule has 54 heavy (non-hydrogen) atoms. The predicted molar refractivity (Wildman–Crippen MR) is 204 cm³/mol. The van der Waals surface area contributed by atoms with Crippen LogP contribution in [0, 0.1) is 0 Å². The average molecular weight is 769 g/mol. The van der Waals surface area contributed by atoms with Gasteiger partial charge in [-0.2, -0.15) is 0 Å². The molecule has 0 saturated carbocycles. The highest BCUT2D eigenvalue weighted by molar-refractivity contribution is 5.92. The van der Waals surface area contributed by atoms with E-state index in [2.05, 4.69) is 0 Å². The van der Waals surface area contributed by atoms with Crippen LogP contribution in [0.2, 0.25) is 0 Å². The van der Waals surface area contributed by atoms with Gasteiger partial charge < -0.3 is 28.4 Å². The van der Waals surface area contributed by atoms with Gasteiger partial charge in [-0.3, -0.25) is 28.8 Å². The lowest BCUT2D eigenvalue weighted by atomic mass is 10.1. The molecule has 0 amide bonds.